The molecule has 1 rings (SSSR count). The van der Waals surface area contributed by atoms with E-state index in [1.54, 1.807) is 0 Å². The summed E-state index contributed by atoms with van der Waals surface area (Å²) in [5.41, 5.74) is -1.65. The molecule has 0 heterocycles. The lowest BCUT2D eigenvalue weighted by molar-refractivity contribution is -0.419. The molecule has 1 nitrogen and oxygen atoms in total. The maximum atomic E-state index is 13.4. The Morgan fingerprint density at radius 2 is 1.17 bits per heavy atom. The van der Waals surface area contributed by atoms with Crippen LogP contribution in [0.4, 0.5) is 52.7 Å². The molecule has 0 aromatic carbocycles. The van der Waals surface area contributed by atoms with Crippen molar-refractivity contribution in [3.8, 4) is 0 Å². The maximum Gasteiger partial charge on any atom is 0.460 e. The molecule has 0 aliphatic heterocycles. The summed E-state index contributed by atoms with van der Waals surface area (Å²) in [5.74, 6) is -34.4. The second-order valence-corrected chi connectivity index (χ2v) is 4.86. The second-order valence-electron chi connectivity index (χ2n) is 4.86. The Morgan fingerprint density at radius 3 is 1.50 bits per heavy atom. The smallest absolute Gasteiger partial charge is 0.294 e. The molecule has 1 fully saturated rings. The van der Waals surface area contributed by atoms with E-state index in [2.05, 4.69) is 0 Å². The van der Waals surface area contributed by atoms with Crippen molar-refractivity contribution in [1.29, 1.82) is 0 Å². The van der Waals surface area contributed by atoms with Gasteiger partial charge in [0.05, 0.1) is 0 Å². The Morgan fingerprint density at radius 1 is 0.708 bits per heavy atom. The fourth-order valence-corrected chi connectivity index (χ4v) is 1.85. The van der Waals surface area contributed by atoms with Gasteiger partial charge in [0, 0.05) is 12.0 Å². The molecule has 0 N–H and O–H groups in total. The van der Waals surface area contributed by atoms with Crippen molar-refractivity contribution in [2.75, 3.05) is 0 Å². The maximum absolute atomic E-state index is 13.4. The topological polar surface area (TPSA) is 17.1 Å². The Bertz CT molecular complexity index is 556. The van der Waals surface area contributed by atoms with Gasteiger partial charge in [-0.3, -0.25) is 4.79 Å². The highest BCUT2D eigenvalue weighted by atomic mass is 19.4. The number of ketones is 1. The monoisotopic (exact) mass is 382 g/mol. The van der Waals surface area contributed by atoms with E-state index in [0.29, 0.717) is 0 Å². The van der Waals surface area contributed by atoms with E-state index < -0.39 is 59.9 Å². The van der Waals surface area contributed by atoms with Gasteiger partial charge in [0.2, 0.25) is 0 Å². The first-order valence-corrected chi connectivity index (χ1v) is 5.93. The minimum atomic E-state index is -7.69. The highest BCUT2D eigenvalue weighted by Gasteiger charge is 2.88. The summed E-state index contributed by atoms with van der Waals surface area (Å²) < 4.78 is 153. The van der Waals surface area contributed by atoms with E-state index in [1.807, 2.05) is 0 Å². The predicted molar refractivity (Wildman–Crippen MR) is 52.8 cm³/mol. The van der Waals surface area contributed by atoms with Gasteiger partial charge >= 0.3 is 29.9 Å². The van der Waals surface area contributed by atoms with Crippen molar-refractivity contribution in [2.24, 2.45) is 0 Å². The largest absolute Gasteiger partial charge is 0.460 e. The molecule has 0 spiro atoms. The van der Waals surface area contributed by atoms with Crippen LogP contribution in [0.25, 0.3) is 0 Å². The second kappa shape index (κ2) is 5.55. The fraction of sp³-hybridized carbons (Fsp3) is 0.727. The summed E-state index contributed by atoms with van der Waals surface area (Å²) in [6, 6.07) is 0. The van der Waals surface area contributed by atoms with E-state index >= 15 is 0 Å². The molecule has 0 saturated heterocycles. The molecular weight excluding hydrogens is 376 g/mol. The minimum absolute atomic E-state index is 0.307. The predicted octanol–water partition coefficient (Wildman–Crippen LogP) is 5.07. The highest BCUT2D eigenvalue weighted by molar-refractivity contribution is 5.98. The molecule has 0 aromatic heterocycles. The summed E-state index contributed by atoms with van der Waals surface area (Å²) in [7, 11) is 0. The van der Waals surface area contributed by atoms with Gasteiger partial charge in [0.25, 0.3) is 0 Å². The summed E-state index contributed by atoms with van der Waals surface area (Å²) in [6.45, 7) is 0. The molecular formula is C11H6F12O. The number of carbonyl (C=O) groups excluding carboxylic acids is 1. The minimum Gasteiger partial charge on any atom is -0.294 e. The first-order chi connectivity index (χ1) is 10.4. The van der Waals surface area contributed by atoms with Crippen molar-refractivity contribution in [3.63, 3.8) is 0 Å². The summed E-state index contributed by atoms with van der Waals surface area (Å²) in [5, 5.41) is 0. The zero-order valence-electron chi connectivity index (χ0n) is 11.1. The van der Waals surface area contributed by atoms with Crippen LogP contribution in [0.1, 0.15) is 19.3 Å². The van der Waals surface area contributed by atoms with Crippen LogP contribution in [0.2, 0.25) is 0 Å². The third-order valence-corrected chi connectivity index (χ3v) is 3.25. The van der Waals surface area contributed by atoms with Crippen LogP contribution in [-0.2, 0) is 4.79 Å². The van der Waals surface area contributed by atoms with Crippen LogP contribution >= 0.6 is 0 Å². The lowest BCUT2D eigenvalue weighted by atomic mass is 9.95. The number of hydrogen-bond donors (Lipinski definition) is 0. The van der Waals surface area contributed by atoms with E-state index in [9.17, 15) is 57.5 Å². The van der Waals surface area contributed by atoms with E-state index in [-0.39, 0.29) is 6.42 Å². The highest BCUT2D eigenvalue weighted by Crippen LogP contribution is 2.59. The molecule has 0 bridgehead atoms. The summed E-state index contributed by atoms with van der Waals surface area (Å²) in [6.07, 6.45) is -9.10. The van der Waals surface area contributed by atoms with Gasteiger partial charge in [-0.15, -0.1) is 0 Å². The van der Waals surface area contributed by atoms with E-state index in [4.69, 9.17) is 0 Å². The molecule has 0 atom stereocenters. The van der Waals surface area contributed by atoms with Gasteiger partial charge in [0.1, 0.15) is 0 Å². The number of allylic oxidation sites excluding steroid dienone is 2. The number of halogens is 12. The average Bonchev–Trinajstić information content (AvgIpc) is 2.81. The van der Waals surface area contributed by atoms with Crippen molar-refractivity contribution in [3.05, 3.63) is 11.4 Å². The van der Waals surface area contributed by atoms with Crippen LogP contribution in [0, 0.1) is 0 Å². The Kier molecular flexibility index (Phi) is 4.76. The van der Waals surface area contributed by atoms with Gasteiger partial charge in [-0.05, 0) is 12.8 Å². The molecule has 0 aromatic rings. The Hall–Kier alpha value is -1.43. The molecule has 0 unspecified atom stereocenters. The first-order valence-electron chi connectivity index (χ1n) is 5.93. The lowest BCUT2D eigenvalue weighted by Gasteiger charge is -2.36. The summed E-state index contributed by atoms with van der Waals surface area (Å²) in [4.78, 5) is 11.0. The zero-order valence-corrected chi connectivity index (χ0v) is 11.1. The molecule has 1 aliphatic rings. The van der Waals surface area contributed by atoms with Gasteiger partial charge in [-0.25, -0.2) is 4.39 Å². The van der Waals surface area contributed by atoms with Crippen molar-refractivity contribution in [1.82, 2.24) is 0 Å². The molecule has 24 heavy (non-hydrogen) atoms. The van der Waals surface area contributed by atoms with Gasteiger partial charge in [-0.2, -0.15) is 48.3 Å². The van der Waals surface area contributed by atoms with Crippen LogP contribution in [0.15, 0.2) is 11.4 Å². The number of alkyl halides is 11. The van der Waals surface area contributed by atoms with E-state index in [0.717, 1.165) is 0 Å². The number of hydrogen-bond acceptors (Lipinski definition) is 1. The normalized spacial score (nSPS) is 20.6. The van der Waals surface area contributed by atoms with Gasteiger partial charge in [-0.1, -0.05) is 0 Å². The van der Waals surface area contributed by atoms with Crippen LogP contribution < -0.4 is 0 Å². The average molecular weight is 382 g/mol. The third-order valence-electron chi connectivity index (χ3n) is 3.25. The number of Topliss-reactive ketones (excluding diaryl/α,β-unsaturated/α-hetero) is 1. The quantitative estimate of drug-likeness (QED) is 0.491. The number of rotatable bonds is 4. The first kappa shape index (κ1) is 20.6. The number of carbonyl (C=O) groups is 1. The third kappa shape index (κ3) is 2.65. The Balaban J connectivity index is 3.48. The molecule has 1 aliphatic carbocycles. The van der Waals surface area contributed by atoms with Crippen molar-refractivity contribution >= 4 is 5.78 Å². The van der Waals surface area contributed by atoms with Crippen molar-refractivity contribution in [2.45, 2.75) is 49.1 Å². The van der Waals surface area contributed by atoms with Crippen LogP contribution in [-0.4, -0.2) is 35.6 Å². The van der Waals surface area contributed by atoms with Crippen molar-refractivity contribution < 1.29 is 57.5 Å². The molecule has 1 saturated carbocycles. The standard InChI is InChI=1S/C11H6F12O/c12-6(4-2-1-3-5(4)24)7(13,14)8(15,16)9(17,18)10(19,20)11(21,22)23/h1-3H2/b6-4-. The van der Waals surface area contributed by atoms with Gasteiger partial charge in [0.15, 0.2) is 11.6 Å². The lowest BCUT2D eigenvalue weighted by Crippen LogP contribution is -2.66. The van der Waals surface area contributed by atoms with E-state index in [1.165, 1.54) is 0 Å². The zero-order chi connectivity index (χ0) is 19.4. The Labute approximate surface area is 125 Å². The fourth-order valence-electron chi connectivity index (χ4n) is 1.85. The molecule has 13 heteroatoms. The molecule has 0 radical (unpaired) electrons. The van der Waals surface area contributed by atoms with Crippen LogP contribution in [0.5, 0.6) is 0 Å². The SMILES string of the molecule is O=C1CCC/C1=C(/F)C(F)(F)C(F)(F)C(F)(F)C(F)(F)C(F)(F)F. The molecule has 140 valence electrons. The van der Waals surface area contributed by atoms with Crippen LogP contribution in [0.3, 0.4) is 0 Å². The summed E-state index contributed by atoms with van der Waals surface area (Å²) >= 11 is 0. The van der Waals surface area contributed by atoms with Gasteiger partial charge < -0.3 is 0 Å². The molecule has 0 amide bonds.